The normalized spacial score (nSPS) is 30.8. The lowest BCUT2D eigenvalue weighted by atomic mass is 9.81. The van der Waals surface area contributed by atoms with Gasteiger partial charge in [-0.3, -0.25) is 0 Å². The van der Waals surface area contributed by atoms with Crippen LogP contribution in [-0.4, -0.2) is 138 Å². The molecule has 8 unspecified atom stereocenters. The van der Waals surface area contributed by atoms with E-state index in [9.17, 15) is 17.6 Å². The first-order valence-corrected chi connectivity index (χ1v) is 36.6. The highest BCUT2D eigenvalue weighted by molar-refractivity contribution is 4.99. The number of ether oxygens (including phenoxy) is 10. The van der Waals surface area contributed by atoms with Gasteiger partial charge in [-0.15, -0.1) is 0 Å². The second kappa shape index (κ2) is 39.1. The summed E-state index contributed by atoms with van der Waals surface area (Å²) < 4.78 is 104. The summed E-state index contributed by atoms with van der Waals surface area (Å²) in [5.41, 5.74) is 2.19. The fraction of sp³-hybridized carbons (Fsp3) is 1.00. The van der Waals surface area contributed by atoms with Gasteiger partial charge in [-0.25, -0.2) is 17.6 Å². The molecule has 0 bridgehead atoms. The van der Waals surface area contributed by atoms with Gasteiger partial charge in [0.2, 0.25) is 0 Å². The van der Waals surface area contributed by atoms with E-state index in [2.05, 4.69) is 132 Å². The first kappa shape index (κ1) is 83.5. The number of hydrogen-bond donors (Lipinski definition) is 0. The summed E-state index contributed by atoms with van der Waals surface area (Å²) in [4.78, 5) is 0. The zero-order valence-electron chi connectivity index (χ0n) is 62.4. The van der Waals surface area contributed by atoms with Gasteiger partial charge in [0.25, 0.3) is 11.8 Å². The molecule has 2 spiro atoms. The Labute approximate surface area is 551 Å². The van der Waals surface area contributed by atoms with Crippen LogP contribution in [0.5, 0.6) is 0 Å². The molecule has 11 aliphatic rings. The Balaban J connectivity index is 0.000000265. The predicted octanol–water partition coefficient (Wildman–Crippen LogP) is 20.1. The van der Waals surface area contributed by atoms with E-state index in [0.717, 1.165) is 89.1 Å². The van der Waals surface area contributed by atoms with E-state index in [0.29, 0.717) is 76.9 Å². The van der Waals surface area contributed by atoms with Crippen LogP contribution in [0.25, 0.3) is 0 Å². The highest BCUT2D eigenvalue weighted by Crippen LogP contribution is 2.55. The van der Waals surface area contributed by atoms with E-state index in [1.54, 1.807) is 0 Å². The third kappa shape index (κ3) is 34.5. The lowest BCUT2D eigenvalue weighted by Gasteiger charge is -2.37. The molecule has 0 aromatic heterocycles. The molecule has 0 amide bonds. The molecule has 0 aromatic rings. The Morgan fingerprint density at radius 1 is 0.367 bits per heavy atom. The van der Waals surface area contributed by atoms with Crippen molar-refractivity contribution >= 4 is 0 Å². The Hall–Kier alpha value is -0.680. The van der Waals surface area contributed by atoms with Gasteiger partial charge in [0, 0.05) is 32.7 Å². The van der Waals surface area contributed by atoms with Gasteiger partial charge in [0.15, 0.2) is 0 Å². The van der Waals surface area contributed by atoms with E-state index in [1.807, 2.05) is 27.7 Å². The molecular weight excluding hydrogens is 1150 g/mol. The fourth-order valence-corrected chi connectivity index (χ4v) is 12.3. The van der Waals surface area contributed by atoms with E-state index >= 15 is 0 Å². The Morgan fingerprint density at radius 2 is 0.844 bits per heavy atom. The van der Waals surface area contributed by atoms with Crippen LogP contribution in [0.1, 0.15) is 275 Å². The largest absolute Gasteiger partial charge is 0.381 e. The van der Waals surface area contributed by atoms with Gasteiger partial charge < -0.3 is 47.4 Å². The average Bonchev–Trinajstić information content (AvgIpc) is 1.95. The fourth-order valence-electron chi connectivity index (χ4n) is 12.3. The lowest BCUT2D eigenvalue weighted by molar-refractivity contribution is -0.153. The number of hydrogen-bond acceptors (Lipinski definition) is 10. The summed E-state index contributed by atoms with van der Waals surface area (Å²) in [5, 5.41) is 0. The standard InChI is InChI=1S/C10H18O.C10H20O.C9H16O.C9H18O.C8H14F2O.2C8H16O.C7H12F2O.C7H14O2/c1-8(2)9-3-4-10(5-6-10)7-11-9;1-8(2)9-5-6-11-10(3,4)7-9;1-7(2)8-5-9(3-4-9)6-10-8;1-7(2)8-5-6-9(3,4)10-8;1-6(2)7-3-4-8(9,10)5-11-7;1-7(2)9-6-8(3)4-5-8;1-7(2)8-4-3-5-9-6-8;1-5(2)6-3-7(8,9)4-10-6;1-6(2)7-5-8-3-4-9-7/h8-9H,3-7H2,1-2H3;8-9H,5-7H2,1-4H3;7-8H,3-6H2,1-2H3;7-8H,5-6H2,1-4H3;6-7H,3-5H2,1-2H3;7H,4-6H2,1-3H3;7-8H,3-6H2,1-2H3;5-6H,3-4H2,1-2H3;6-7H,3-5H2,1-2H3. The van der Waals surface area contributed by atoms with Gasteiger partial charge in [0.05, 0.1) is 93.6 Å². The molecule has 11 fully saturated rings. The van der Waals surface area contributed by atoms with Crippen LogP contribution in [0.3, 0.4) is 0 Å². The minimum Gasteiger partial charge on any atom is -0.381 e. The Bertz CT molecular complexity index is 1740. The summed E-state index contributed by atoms with van der Waals surface area (Å²) >= 11 is 0. The number of rotatable bonds is 11. The summed E-state index contributed by atoms with van der Waals surface area (Å²) in [6.07, 6.45) is 22.6. The topological polar surface area (TPSA) is 92.3 Å². The summed E-state index contributed by atoms with van der Waals surface area (Å²) in [6.45, 7) is 57.5. The van der Waals surface area contributed by atoms with Crippen LogP contribution >= 0.6 is 0 Å². The highest BCUT2D eigenvalue weighted by Gasteiger charge is 2.50. The maximum absolute atomic E-state index is 12.5. The maximum Gasteiger partial charge on any atom is 0.273 e. The molecule has 0 radical (unpaired) electrons. The van der Waals surface area contributed by atoms with Crippen molar-refractivity contribution < 1.29 is 64.9 Å². The molecule has 8 saturated heterocycles. The number of halogens is 4. The van der Waals surface area contributed by atoms with Crippen molar-refractivity contribution in [1.82, 2.24) is 0 Å². The third-order valence-corrected chi connectivity index (χ3v) is 20.5. The molecule has 11 rings (SSSR count). The van der Waals surface area contributed by atoms with Crippen LogP contribution < -0.4 is 0 Å². The number of alkyl halides is 4. The second-order valence-electron chi connectivity index (χ2n) is 34.0. The zero-order valence-corrected chi connectivity index (χ0v) is 62.4. The van der Waals surface area contributed by atoms with Crippen molar-refractivity contribution in [2.45, 2.75) is 341 Å². The first-order chi connectivity index (χ1) is 41.7. The summed E-state index contributed by atoms with van der Waals surface area (Å²) in [5.74, 6) is 1.44. The minimum absolute atomic E-state index is 0.0180. The van der Waals surface area contributed by atoms with Crippen molar-refractivity contribution in [2.24, 2.45) is 75.4 Å². The van der Waals surface area contributed by atoms with Crippen LogP contribution in [0.4, 0.5) is 17.6 Å². The molecule has 0 aromatic carbocycles. The molecule has 90 heavy (non-hydrogen) atoms. The Morgan fingerprint density at radius 3 is 1.14 bits per heavy atom. The highest BCUT2D eigenvalue weighted by atomic mass is 19.3. The van der Waals surface area contributed by atoms with Crippen molar-refractivity contribution in [1.29, 1.82) is 0 Å². The lowest BCUT2D eigenvalue weighted by Crippen LogP contribution is -2.36. The van der Waals surface area contributed by atoms with Crippen LogP contribution in [-0.2, 0) is 47.4 Å². The molecule has 0 N–H and O–H groups in total. The molecule has 8 atom stereocenters. The molecule has 3 saturated carbocycles. The average molecular weight is 1290 g/mol. The van der Waals surface area contributed by atoms with Gasteiger partial charge in [-0.2, -0.15) is 0 Å². The molecule has 536 valence electrons. The maximum atomic E-state index is 12.5. The Kier molecular flexibility index (Phi) is 36.3. The minimum atomic E-state index is -2.58. The van der Waals surface area contributed by atoms with Gasteiger partial charge in [-0.05, 0) is 220 Å². The van der Waals surface area contributed by atoms with E-state index in [4.69, 9.17) is 47.4 Å². The van der Waals surface area contributed by atoms with E-state index in [1.165, 1.54) is 96.3 Å². The van der Waals surface area contributed by atoms with Crippen molar-refractivity contribution in [3.63, 3.8) is 0 Å². The molecule has 8 aliphatic heterocycles. The second-order valence-corrected chi connectivity index (χ2v) is 34.0. The molecule has 8 heterocycles. The van der Waals surface area contributed by atoms with Crippen molar-refractivity contribution in [3.05, 3.63) is 0 Å². The van der Waals surface area contributed by atoms with Gasteiger partial charge in [-0.1, -0.05) is 118 Å². The quantitative estimate of drug-likeness (QED) is 0.186. The van der Waals surface area contributed by atoms with Crippen molar-refractivity contribution in [2.75, 3.05) is 72.7 Å². The molecule has 14 heteroatoms. The SMILES string of the molecule is CC(C)C1CC(F)(F)CO1.CC(C)C1CC2(CC2)CO1.CC(C)C1CCC(C)(C)O1.CC(C)C1CCC(F)(F)CO1.CC(C)C1CCC2(CC2)CO1.CC(C)C1CCCOC1.CC(C)C1CCOC(C)(C)C1.CC(C)C1COCCO1.CC(C)OCC1(C)CC1. The summed E-state index contributed by atoms with van der Waals surface area (Å²) in [7, 11) is 0. The van der Waals surface area contributed by atoms with E-state index < -0.39 is 25.1 Å². The first-order valence-electron chi connectivity index (χ1n) is 36.6. The van der Waals surface area contributed by atoms with E-state index in [-0.39, 0.29) is 42.2 Å². The predicted molar refractivity (Wildman–Crippen MR) is 362 cm³/mol. The smallest absolute Gasteiger partial charge is 0.273 e. The molecule has 3 aliphatic carbocycles. The molecular formula is C76H144F4O10. The summed E-state index contributed by atoms with van der Waals surface area (Å²) in [6, 6.07) is 0. The molecule has 10 nitrogen and oxygen atoms in total. The van der Waals surface area contributed by atoms with Crippen LogP contribution in [0, 0.1) is 75.4 Å². The third-order valence-electron chi connectivity index (χ3n) is 20.5. The van der Waals surface area contributed by atoms with Crippen LogP contribution in [0.2, 0.25) is 0 Å². The van der Waals surface area contributed by atoms with Gasteiger partial charge in [0.1, 0.15) is 13.2 Å². The zero-order chi connectivity index (χ0) is 67.9. The van der Waals surface area contributed by atoms with Gasteiger partial charge >= 0.3 is 0 Å². The van der Waals surface area contributed by atoms with Crippen LogP contribution in [0.15, 0.2) is 0 Å². The van der Waals surface area contributed by atoms with Crippen molar-refractivity contribution in [3.8, 4) is 0 Å². The monoisotopic (exact) mass is 1290 g/mol.